The number of nitrogens with one attached hydrogen (secondary N) is 1. The number of nitro benzene ring substituents is 1. The molecule has 0 saturated heterocycles. The average Bonchev–Trinajstić information content (AvgIpc) is 3.44. The van der Waals surface area contributed by atoms with Crippen molar-refractivity contribution in [3.05, 3.63) is 33.9 Å². The summed E-state index contributed by atoms with van der Waals surface area (Å²) in [5, 5.41) is 13.8. The number of carbonyl (C=O) groups excluding carboxylic acids is 1. The maximum atomic E-state index is 11.4. The minimum atomic E-state index is -0.464. The third-order valence-electron chi connectivity index (χ3n) is 3.72. The highest BCUT2D eigenvalue weighted by Crippen LogP contribution is 2.27. The first-order valence-corrected chi connectivity index (χ1v) is 8.96. The van der Waals surface area contributed by atoms with Gasteiger partial charge in [-0.15, -0.1) is 0 Å². The second-order valence-corrected chi connectivity index (χ2v) is 6.20. The van der Waals surface area contributed by atoms with Crippen molar-refractivity contribution in [1.82, 2.24) is 5.32 Å². The number of hydrogen-bond donors (Lipinski definition) is 1. The number of nitro groups is 1. The molecule has 2 rings (SSSR count). The maximum absolute atomic E-state index is 11.4. The molecule has 1 fully saturated rings. The molecule has 0 aliphatic heterocycles. The van der Waals surface area contributed by atoms with E-state index in [0.29, 0.717) is 39.1 Å². The molecule has 0 atom stereocenters. The van der Waals surface area contributed by atoms with Gasteiger partial charge in [-0.2, -0.15) is 0 Å². The van der Waals surface area contributed by atoms with Crippen LogP contribution in [0.3, 0.4) is 0 Å². The van der Waals surface area contributed by atoms with Crippen LogP contribution in [-0.4, -0.2) is 63.1 Å². The lowest BCUT2D eigenvalue weighted by Crippen LogP contribution is -2.29. The number of rotatable bonds is 14. The summed E-state index contributed by atoms with van der Waals surface area (Å²) < 4.78 is 21.3. The number of nitrogens with zero attached hydrogens (tertiary/aromatic N) is 1. The van der Waals surface area contributed by atoms with Crippen LogP contribution in [-0.2, 0) is 19.0 Å². The van der Waals surface area contributed by atoms with Gasteiger partial charge in [-0.25, -0.2) is 0 Å². The Morgan fingerprint density at radius 2 is 1.74 bits per heavy atom. The molecular weight excluding hydrogens is 356 g/mol. The van der Waals surface area contributed by atoms with Crippen LogP contribution in [0, 0.1) is 17.0 Å². The van der Waals surface area contributed by atoms with E-state index in [1.807, 2.05) is 0 Å². The van der Waals surface area contributed by atoms with Crippen LogP contribution in [0.1, 0.15) is 18.4 Å². The quantitative estimate of drug-likeness (QED) is 0.296. The zero-order valence-corrected chi connectivity index (χ0v) is 15.5. The molecule has 1 aliphatic rings. The number of benzene rings is 1. The van der Waals surface area contributed by atoms with Crippen LogP contribution in [0.15, 0.2) is 18.2 Å². The molecule has 1 aromatic carbocycles. The van der Waals surface area contributed by atoms with Crippen LogP contribution in [0.25, 0.3) is 0 Å². The lowest BCUT2D eigenvalue weighted by Gasteiger charge is -2.09. The first kappa shape index (κ1) is 21.1. The smallest absolute Gasteiger partial charge is 0.311 e. The molecule has 0 spiro atoms. The summed E-state index contributed by atoms with van der Waals surface area (Å²) in [4.78, 5) is 21.9. The first-order valence-electron chi connectivity index (χ1n) is 8.96. The van der Waals surface area contributed by atoms with Crippen molar-refractivity contribution >= 4 is 11.6 Å². The highest BCUT2D eigenvalue weighted by atomic mass is 16.6. The van der Waals surface area contributed by atoms with Crippen molar-refractivity contribution in [3.8, 4) is 5.75 Å². The third kappa shape index (κ3) is 8.80. The summed E-state index contributed by atoms with van der Waals surface area (Å²) in [5.41, 5.74) is 0.749. The largest absolute Gasteiger partial charge is 0.484 e. The molecule has 0 aromatic heterocycles. The molecule has 0 heterocycles. The van der Waals surface area contributed by atoms with Gasteiger partial charge in [-0.3, -0.25) is 14.9 Å². The SMILES string of the molecule is Cc1ccc(OCCOCCOCCOCC(=O)NC2CC2)c([N+](=O)[O-])c1. The number of amides is 1. The Balaban J connectivity index is 1.42. The monoisotopic (exact) mass is 382 g/mol. The molecule has 9 nitrogen and oxygen atoms in total. The summed E-state index contributed by atoms with van der Waals surface area (Å²) in [6, 6.07) is 5.16. The molecular formula is C18H26N2O7. The molecule has 1 aliphatic carbocycles. The Labute approximate surface area is 158 Å². The van der Waals surface area contributed by atoms with Gasteiger partial charge in [0.25, 0.3) is 0 Å². The highest BCUT2D eigenvalue weighted by Gasteiger charge is 2.22. The number of aryl methyl sites for hydroxylation is 1. The number of ether oxygens (including phenoxy) is 4. The van der Waals surface area contributed by atoms with E-state index < -0.39 is 4.92 Å². The molecule has 0 bridgehead atoms. The maximum Gasteiger partial charge on any atom is 0.311 e. The van der Waals surface area contributed by atoms with Gasteiger partial charge in [0.2, 0.25) is 5.91 Å². The van der Waals surface area contributed by atoms with E-state index in [1.54, 1.807) is 19.1 Å². The molecule has 1 N–H and O–H groups in total. The predicted molar refractivity (Wildman–Crippen MR) is 97.0 cm³/mol. The van der Waals surface area contributed by atoms with E-state index in [1.165, 1.54) is 6.07 Å². The van der Waals surface area contributed by atoms with Crippen LogP contribution in [0.5, 0.6) is 5.75 Å². The first-order chi connectivity index (χ1) is 13.1. The second kappa shape index (κ2) is 11.5. The van der Waals surface area contributed by atoms with Crippen molar-refractivity contribution in [2.75, 3.05) is 46.2 Å². The minimum absolute atomic E-state index is 0.0517. The standard InChI is InChI=1S/C18H26N2O7/c1-14-2-5-17(16(12-14)20(22)23)27-11-10-25-7-6-24-8-9-26-13-18(21)19-15-3-4-15/h2,5,12,15H,3-4,6-11,13H2,1H3,(H,19,21). The Bertz CT molecular complexity index is 620. The van der Waals surface area contributed by atoms with E-state index in [9.17, 15) is 14.9 Å². The van der Waals surface area contributed by atoms with Crippen LogP contribution in [0.2, 0.25) is 0 Å². The van der Waals surface area contributed by atoms with Crippen LogP contribution >= 0.6 is 0 Å². The highest BCUT2D eigenvalue weighted by molar-refractivity contribution is 5.77. The van der Waals surface area contributed by atoms with E-state index >= 15 is 0 Å². The Morgan fingerprint density at radius 1 is 1.11 bits per heavy atom. The van der Waals surface area contributed by atoms with Crippen LogP contribution in [0.4, 0.5) is 5.69 Å². The van der Waals surface area contributed by atoms with Crippen molar-refractivity contribution in [2.45, 2.75) is 25.8 Å². The van der Waals surface area contributed by atoms with Gasteiger partial charge in [-0.05, 0) is 31.4 Å². The molecule has 9 heteroatoms. The summed E-state index contributed by atoms with van der Waals surface area (Å²) in [6.45, 7) is 3.84. The molecule has 0 unspecified atom stereocenters. The molecule has 1 amide bonds. The van der Waals surface area contributed by atoms with Crippen LogP contribution < -0.4 is 10.1 Å². The fourth-order valence-corrected chi connectivity index (χ4v) is 2.20. The lowest BCUT2D eigenvalue weighted by molar-refractivity contribution is -0.385. The molecule has 0 radical (unpaired) electrons. The topological polar surface area (TPSA) is 109 Å². The summed E-state index contributed by atoms with van der Waals surface area (Å²) in [5.74, 6) is 0.142. The molecule has 1 saturated carbocycles. The zero-order chi connectivity index (χ0) is 19.5. The minimum Gasteiger partial charge on any atom is -0.484 e. The fourth-order valence-electron chi connectivity index (χ4n) is 2.20. The Hall–Kier alpha value is -2.23. The molecule has 150 valence electrons. The summed E-state index contributed by atoms with van der Waals surface area (Å²) in [6.07, 6.45) is 2.11. The van der Waals surface area contributed by atoms with E-state index in [0.717, 1.165) is 18.4 Å². The molecule has 1 aromatic rings. The van der Waals surface area contributed by atoms with Crippen molar-refractivity contribution < 1.29 is 28.7 Å². The van der Waals surface area contributed by atoms with Crippen molar-refractivity contribution in [2.24, 2.45) is 0 Å². The van der Waals surface area contributed by atoms with Gasteiger partial charge in [0, 0.05) is 12.1 Å². The fraction of sp³-hybridized carbons (Fsp3) is 0.611. The summed E-state index contributed by atoms with van der Waals surface area (Å²) in [7, 11) is 0. The second-order valence-electron chi connectivity index (χ2n) is 6.20. The average molecular weight is 382 g/mol. The third-order valence-corrected chi connectivity index (χ3v) is 3.72. The van der Waals surface area contributed by atoms with Gasteiger partial charge >= 0.3 is 5.69 Å². The van der Waals surface area contributed by atoms with Gasteiger partial charge in [0.15, 0.2) is 5.75 Å². The Morgan fingerprint density at radius 3 is 2.37 bits per heavy atom. The van der Waals surface area contributed by atoms with Gasteiger partial charge < -0.3 is 24.3 Å². The van der Waals surface area contributed by atoms with Gasteiger partial charge in [0.1, 0.15) is 13.2 Å². The normalized spacial score (nSPS) is 13.4. The van der Waals surface area contributed by atoms with Crippen molar-refractivity contribution in [3.63, 3.8) is 0 Å². The number of hydrogen-bond acceptors (Lipinski definition) is 7. The van der Waals surface area contributed by atoms with E-state index in [4.69, 9.17) is 18.9 Å². The van der Waals surface area contributed by atoms with Crippen molar-refractivity contribution in [1.29, 1.82) is 0 Å². The van der Waals surface area contributed by atoms with Gasteiger partial charge in [0.05, 0.1) is 38.0 Å². The van der Waals surface area contributed by atoms with E-state index in [-0.39, 0.29) is 30.6 Å². The predicted octanol–water partition coefficient (Wildman–Crippen LogP) is 1.61. The van der Waals surface area contributed by atoms with Gasteiger partial charge in [-0.1, -0.05) is 6.07 Å². The lowest BCUT2D eigenvalue weighted by atomic mass is 10.2. The molecule has 27 heavy (non-hydrogen) atoms. The Kier molecular flexibility index (Phi) is 8.96. The van der Waals surface area contributed by atoms with E-state index in [2.05, 4.69) is 5.32 Å². The summed E-state index contributed by atoms with van der Waals surface area (Å²) >= 11 is 0. The zero-order valence-electron chi connectivity index (χ0n) is 15.5. The number of carbonyl (C=O) groups is 1.